The number of likely N-dealkylation sites (tertiary alicyclic amines) is 1. The second-order valence-electron chi connectivity index (χ2n) is 6.55. The highest BCUT2D eigenvalue weighted by molar-refractivity contribution is 5.85. The third-order valence-corrected chi connectivity index (χ3v) is 4.93. The molecule has 0 saturated carbocycles. The number of benzene rings is 1. The number of hydrogen-bond donors (Lipinski definition) is 2. The molecular formula is C18H25N3O. The van der Waals surface area contributed by atoms with Crippen LogP contribution in [-0.4, -0.2) is 35.9 Å². The smallest absolute Gasteiger partial charge is 0.223 e. The lowest BCUT2D eigenvalue weighted by Crippen LogP contribution is -2.38. The Labute approximate surface area is 131 Å². The van der Waals surface area contributed by atoms with Crippen molar-refractivity contribution in [3.8, 4) is 0 Å². The summed E-state index contributed by atoms with van der Waals surface area (Å²) in [5, 5.41) is 4.36. The molecule has 2 heterocycles. The van der Waals surface area contributed by atoms with Gasteiger partial charge in [0.15, 0.2) is 0 Å². The Balaban J connectivity index is 1.63. The van der Waals surface area contributed by atoms with Gasteiger partial charge in [0.2, 0.25) is 5.91 Å². The number of fused-ring (bicyclic) bond motifs is 1. The first kappa shape index (κ1) is 15.1. The minimum Gasteiger partial charge on any atom is -0.358 e. The third kappa shape index (κ3) is 3.02. The van der Waals surface area contributed by atoms with E-state index in [0.29, 0.717) is 6.54 Å². The Morgan fingerprint density at radius 3 is 2.77 bits per heavy atom. The van der Waals surface area contributed by atoms with Gasteiger partial charge in [-0.15, -0.1) is 0 Å². The molecule has 1 saturated heterocycles. The molecule has 0 unspecified atom stereocenters. The monoisotopic (exact) mass is 299 g/mol. The second kappa shape index (κ2) is 6.13. The lowest BCUT2D eigenvalue weighted by Gasteiger charge is -2.28. The molecule has 0 atom stereocenters. The van der Waals surface area contributed by atoms with Crippen LogP contribution < -0.4 is 5.32 Å². The van der Waals surface area contributed by atoms with E-state index in [4.69, 9.17) is 0 Å². The highest BCUT2D eigenvalue weighted by atomic mass is 16.1. The zero-order valence-corrected chi connectivity index (χ0v) is 13.7. The number of nitrogens with zero attached hydrogens (tertiary/aromatic N) is 1. The number of aryl methyl sites for hydroxylation is 2. The van der Waals surface area contributed by atoms with Gasteiger partial charge >= 0.3 is 0 Å². The number of aromatic amines is 1. The van der Waals surface area contributed by atoms with E-state index < -0.39 is 0 Å². The number of nitrogens with one attached hydrogen (secondary N) is 2. The van der Waals surface area contributed by atoms with Crippen LogP contribution in [0.25, 0.3) is 10.9 Å². The average Bonchev–Trinajstić information content (AvgIpc) is 2.80. The van der Waals surface area contributed by atoms with Gasteiger partial charge in [-0.3, -0.25) is 4.79 Å². The fraction of sp³-hybridized carbons (Fsp3) is 0.500. The summed E-state index contributed by atoms with van der Waals surface area (Å²) in [6.45, 7) is 6.88. The van der Waals surface area contributed by atoms with Crippen molar-refractivity contribution in [2.24, 2.45) is 5.92 Å². The zero-order valence-electron chi connectivity index (χ0n) is 13.7. The van der Waals surface area contributed by atoms with E-state index in [0.717, 1.165) is 31.5 Å². The van der Waals surface area contributed by atoms with Crippen molar-refractivity contribution < 1.29 is 4.79 Å². The summed E-state index contributed by atoms with van der Waals surface area (Å²) in [4.78, 5) is 17.9. The highest BCUT2D eigenvalue weighted by Crippen LogP contribution is 2.22. The van der Waals surface area contributed by atoms with E-state index in [1.54, 1.807) is 0 Å². The number of rotatable bonds is 3. The van der Waals surface area contributed by atoms with E-state index in [-0.39, 0.29) is 11.8 Å². The Morgan fingerprint density at radius 2 is 2.05 bits per heavy atom. The summed E-state index contributed by atoms with van der Waals surface area (Å²) in [6, 6.07) is 6.38. The van der Waals surface area contributed by atoms with Crippen molar-refractivity contribution >= 4 is 16.8 Å². The van der Waals surface area contributed by atoms with Gasteiger partial charge in [0.1, 0.15) is 0 Å². The SMILES string of the molecule is Cc1[nH]c2ccc(CNC(=O)C3CCN(C)CC3)cc2c1C. The van der Waals surface area contributed by atoms with E-state index in [1.165, 1.54) is 22.2 Å². The van der Waals surface area contributed by atoms with Crippen LogP contribution >= 0.6 is 0 Å². The van der Waals surface area contributed by atoms with E-state index in [9.17, 15) is 4.79 Å². The van der Waals surface area contributed by atoms with Crippen molar-refractivity contribution in [2.75, 3.05) is 20.1 Å². The molecule has 1 aliphatic rings. The minimum atomic E-state index is 0.177. The molecule has 1 fully saturated rings. The highest BCUT2D eigenvalue weighted by Gasteiger charge is 2.22. The number of aromatic nitrogens is 1. The molecule has 0 bridgehead atoms. The maximum absolute atomic E-state index is 12.3. The molecule has 3 rings (SSSR count). The molecular weight excluding hydrogens is 274 g/mol. The summed E-state index contributed by atoms with van der Waals surface area (Å²) >= 11 is 0. The molecule has 2 aromatic rings. The molecule has 1 aliphatic heterocycles. The Kier molecular flexibility index (Phi) is 4.21. The Morgan fingerprint density at radius 1 is 1.32 bits per heavy atom. The second-order valence-corrected chi connectivity index (χ2v) is 6.55. The van der Waals surface area contributed by atoms with Gasteiger partial charge in [-0.1, -0.05) is 6.07 Å². The van der Waals surface area contributed by atoms with E-state index in [1.807, 2.05) is 0 Å². The van der Waals surface area contributed by atoms with Crippen LogP contribution in [0, 0.1) is 19.8 Å². The maximum Gasteiger partial charge on any atom is 0.223 e. The minimum absolute atomic E-state index is 0.177. The predicted octanol–water partition coefficient (Wildman–Crippen LogP) is 2.74. The Bertz CT molecular complexity index is 681. The van der Waals surface area contributed by atoms with Crippen LogP contribution in [0.4, 0.5) is 0 Å². The summed E-state index contributed by atoms with van der Waals surface area (Å²) in [6.07, 6.45) is 1.94. The predicted molar refractivity (Wildman–Crippen MR) is 89.8 cm³/mol. The molecule has 4 nitrogen and oxygen atoms in total. The van der Waals surface area contributed by atoms with Crippen molar-refractivity contribution in [1.82, 2.24) is 15.2 Å². The van der Waals surface area contributed by atoms with Crippen molar-refractivity contribution in [2.45, 2.75) is 33.2 Å². The fourth-order valence-electron chi connectivity index (χ4n) is 3.22. The number of hydrogen-bond acceptors (Lipinski definition) is 2. The van der Waals surface area contributed by atoms with Gasteiger partial charge in [-0.05, 0) is 70.1 Å². The van der Waals surface area contributed by atoms with Crippen molar-refractivity contribution in [3.63, 3.8) is 0 Å². The summed E-state index contributed by atoms with van der Waals surface area (Å²) < 4.78 is 0. The molecule has 22 heavy (non-hydrogen) atoms. The first-order valence-corrected chi connectivity index (χ1v) is 8.08. The summed E-state index contributed by atoms with van der Waals surface area (Å²) in [7, 11) is 2.12. The van der Waals surface area contributed by atoms with E-state index in [2.05, 4.69) is 54.3 Å². The standard InChI is InChI=1S/C18H25N3O/c1-12-13(2)20-17-5-4-14(10-16(12)17)11-19-18(22)15-6-8-21(3)9-7-15/h4-5,10,15,20H,6-9,11H2,1-3H3,(H,19,22). The molecule has 1 aromatic carbocycles. The number of piperidine rings is 1. The van der Waals surface area contributed by atoms with Crippen LogP contribution in [0.5, 0.6) is 0 Å². The fourth-order valence-corrected chi connectivity index (χ4v) is 3.22. The van der Waals surface area contributed by atoms with Gasteiger partial charge in [0.25, 0.3) is 0 Å². The molecule has 0 spiro atoms. The maximum atomic E-state index is 12.3. The van der Waals surface area contributed by atoms with Crippen LogP contribution in [-0.2, 0) is 11.3 Å². The van der Waals surface area contributed by atoms with Gasteiger partial charge in [-0.25, -0.2) is 0 Å². The lowest BCUT2D eigenvalue weighted by atomic mass is 9.96. The van der Waals surface area contributed by atoms with Gasteiger partial charge in [0, 0.05) is 29.1 Å². The first-order valence-electron chi connectivity index (χ1n) is 8.08. The molecule has 1 amide bonds. The zero-order chi connectivity index (χ0) is 15.7. The molecule has 1 aromatic heterocycles. The number of H-pyrrole nitrogens is 1. The third-order valence-electron chi connectivity index (χ3n) is 4.93. The quantitative estimate of drug-likeness (QED) is 0.915. The van der Waals surface area contributed by atoms with Crippen molar-refractivity contribution in [1.29, 1.82) is 0 Å². The normalized spacial score (nSPS) is 17.0. The summed E-state index contributed by atoms with van der Waals surface area (Å²) in [5.74, 6) is 0.381. The van der Waals surface area contributed by atoms with Crippen molar-refractivity contribution in [3.05, 3.63) is 35.0 Å². The molecule has 2 N–H and O–H groups in total. The molecule has 0 radical (unpaired) electrons. The largest absolute Gasteiger partial charge is 0.358 e. The topological polar surface area (TPSA) is 48.1 Å². The average molecular weight is 299 g/mol. The number of carbonyl (C=O) groups is 1. The van der Waals surface area contributed by atoms with Crippen LogP contribution in [0.15, 0.2) is 18.2 Å². The molecule has 4 heteroatoms. The van der Waals surface area contributed by atoms with Gasteiger partial charge < -0.3 is 15.2 Å². The van der Waals surface area contributed by atoms with E-state index >= 15 is 0 Å². The van der Waals surface area contributed by atoms with Crippen LogP contribution in [0.2, 0.25) is 0 Å². The number of amides is 1. The van der Waals surface area contributed by atoms with Gasteiger partial charge in [-0.2, -0.15) is 0 Å². The summed E-state index contributed by atoms with van der Waals surface area (Å²) in [5.41, 5.74) is 4.83. The van der Waals surface area contributed by atoms with Crippen LogP contribution in [0.1, 0.15) is 29.7 Å². The lowest BCUT2D eigenvalue weighted by molar-refractivity contribution is -0.126. The molecule has 118 valence electrons. The first-order chi connectivity index (χ1) is 10.5. The Hall–Kier alpha value is -1.81. The number of carbonyl (C=O) groups excluding carboxylic acids is 1. The molecule has 0 aliphatic carbocycles. The van der Waals surface area contributed by atoms with Gasteiger partial charge in [0.05, 0.1) is 0 Å². The van der Waals surface area contributed by atoms with Crippen LogP contribution in [0.3, 0.4) is 0 Å².